The number of benzene rings is 1. The fourth-order valence-electron chi connectivity index (χ4n) is 3.84. The summed E-state index contributed by atoms with van der Waals surface area (Å²) in [5.74, 6) is -0.822. The third-order valence-corrected chi connectivity index (χ3v) is 5.58. The molecule has 0 radical (unpaired) electrons. The number of halogens is 6. The molecule has 14 heteroatoms. The highest BCUT2D eigenvalue weighted by molar-refractivity contribution is 5.83. The molecule has 3 rings (SSSR count). The molecule has 2 saturated heterocycles. The average molecular weight is 480 g/mol. The van der Waals surface area contributed by atoms with Gasteiger partial charge in [0.1, 0.15) is 0 Å². The van der Waals surface area contributed by atoms with E-state index in [1.165, 1.54) is 18.0 Å². The number of amides is 2. The highest BCUT2D eigenvalue weighted by Gasteiger charge is 2.53. The van der Waals surface area contributed by atoms with Gasteiger partial charge in [-0.2, -0.15) is 31.6 Å². The van der Waals surface area contributed by atoms with E-state index in [4.69, 9.17) is 15.1 Å². The fourth-order valence-corrected chi connectivity index (χ4v) is 3.84. The van der Waals surface area contributed by atoms with Crippen molar-refractivity contribution in [3.63, 3.8) is 0 Å². The van der Waals surface area contributed by atoms with Crippen molar-refractivity contribution in [1.82, 2.24) is 9.80 Å². The van der Waals surface area contributed by atoms with Gasteiger partial charge in [-0.25, -0.2) is 4.79 Å². The van der Waals surface area contributed by atoms with Gasteiger partial charge in [-0.1, -0.05) is 0 Å². The first-order chi connectivity index (χ1) is 15.2. The number of hydrogen-bond acceptors (Lipinski definition) is 5. The van der Waals surface area contributed by atoms with Gasteiger partial charge in [0.05, 0.1) is 29.8 Å². The molecule has 0 saturated carbocycles. The number of carbonyl (C=O) groups is 2. The Hall–Kier alpha value is -3.21. The normalized spacial score (nSPS) is 23.5. The summed E-state index contributed by atoms with van der Waals surface area (Å²) in [6, 6.07) is 2.90. The van der Waals surface area contributed by atoms with Crippen LogP contribution in [0.1, 0.15) is 17.5 Å². The van der Waals surface area contributed by atoms with E-state index in [1.54, 1.807) is 0 Å². The standard InChI is InChI=1S/C19H18F6N4O4/c1-27(17(31)32)12-4-5-28(8-12)15(30)14-9-29(16(33-14)19(23,24)25)11-3-2-10(7-26)13(6-11)18(20,21)22/h2-3,6,12,14,16H,4-5,8-9H2,1H3,(H,31,32)/t12?,14?,16-/m1/s1. The first kappa shape index (κ1) is 24.4. The Labute approximate surface area is 183 Å². The predicted molar refractivity (Wildman–Crippen MR) is 99.0 cm³/mol. The van der Waals surface area contributed by atoms with Gasteiger partial charge in [-0.05, 0) is 24.6 Å². The van der Waals surface area contributed by atoms with Gasteiger partial charge >= 0.3 is 18.4 Å². The Balaban J connectivity index is 1.85. The molecule has 2 aliphatic heterocycles. The molecule has 2 heterocycles. The van der Waals surface area contributed by atoms with E-state index in [1.807, 2.05) is 0 Å². The number of hydrogen-bond donors (Lipinski definition) is 1. The number of alkyl halides is 6. The first-order valence-electron chi connectivity index (χ1n) is 9.58. The van der Waals surface area contributed by atoms with E-state index < -0.39 is 66.1 Å². The van der Waals surface area contributed by atoms with Crippen molar-refractivity contribution < 1.29 is 45.8 Å². The Kier molecular flexibility index (Phi) is 6.38. The van der Waals surface area contributed by atoms with Gasteiger partial charge in [-0.3, -0.25) is 4.79 Å². The Morgan fingerprint density at radius 2 is 1.88 bits per heavy atom. The third-order valence-electron chi connectivity index (χ3n) is 5.58. The number of carbonyl (C=O) groups excluding carboxylic acids is 1. The minimum Gasteiger partial charge on any atom is -0.465 e. The zero-order chi connectivity index (χ0) is 24.7. The Morgan fingerprint density at radius 1 is 1.21 bits per heavy atom. The molecule has 0 aromatic heterocycles. The summed E-state index contributed by atoms with van der Waals surface area (Å²) in [4.78, 5) is 26.5. The molecule has 1 N–H and O–H groups in total. The van der Waals surface area contributed by atoms with Crippen LogP contribution in [-0.4, -0.2) is 78.1 Å². The predicted octanol–water partition coefficient (Wildman–Crippen LogP) is 2.88. The average Bonchev–Trinajstić information content (AvgIpc) is 3.39. The molecule has 33 heavy (non-hydrogen) atoms. The number of anilines is 1. The maximum absolute atomic E-state index is 13.6. The molecule has 2 aliphatic rings. The topological polar surface area (TPSA) is 97.1 Å². The number of likely N-dealkylation sites (N-methyl/N-ethyl adjacent to an activating group) is 1. The lowest BCUT2D eigenvalue weighted by Gasteiger charge is -2.27. The summed E-state index contributed by atoms with van der Waals surface area (Å²) < 4.78 is 85.6. The van der Waals surface area contributed by atoms with Crippen LogP contribution in [0.2, 0.25) is 0 Å². The molecular formula is C19H18F6N4O4. The van der Waals surface area contributed by atoms with Gasteiger partial charge in [-0.15, -0.1) is 0 Å². The zero-order valence-corrected chi connectivity index (χ0v) is 17.0. The van der Waals surface area contributed by atoms with Gasteiger partial charge in [0.2, 0.25) is 6.23 Å². The molecule has 3 atom stereocenters. The second-order valence-electron chi connectivity index (χ2n) is 7.63. The van der Waals surface area contributed by atoms with Crippen molar-refractivity contribution in [2.75, 3.05) is 31.6 Å². The number of carboxylic acid groups (broad SMARTS) is 1. The van der Waals surface area contributed by atoms with Gasteiger partial charge < -0.3 is 24.5 Å². The van der Waals surface area contributed by atoms with E-state index in [2.05, 4.69) is 0 Å². The second-order valence-corrected chi connectivity index (χ2v) is 7.63. The first-order valence-corrected chi connectivity index (χ1v) is 9.58. The number of ether oxygens (including phenoxy) is 1. The second kappa shape index (κ2) is 8.62. The van der Waals surface area contributed by atoms with Crippen LogP contribution in [0, 0.1) is 11.3 Å². The van der Waals surface area contributed by atoms with Gasteiger partial charge in [0.25, 0.3) is 5.91 Å². The summed E-state index contributed by atoms with van der Waals surface area (Å²) in [5.41, 5.74) is -2.67. The van der Waals surface area contributed by atoms with Gasteiger partial charge in [0, 0.05) is 25.8 Å². The summed E-state index contributed by atoms with van der Waals surface area (Å²) >= 11 is 0. The number of rotatable bonds is 3. The minimum atomic E-state index is -5.03. The van der Waals surface area contributed by atoms with Crippen LogP contribution in [0.5, 0.6) is 0 Å². The van der Waals surface area contributed by atoms with Crippen LogP contribution in [0.3, 0.4) is 0 Å². The molecule has 180 valence electrons. The largest absolute Gasteiger partial charge is 0.465 e. The smallest absolute Gasteiger partial charge is 0.433 e. The van der Waals surface area contributed by atoms with Crippen molar-refractivity contribution in [3.8, 4) is 6.07 Å². The van der Waals surface area contributed by atoms with Crippen LogP contribution in [0.25, 0.3) is 0 Å². The van der Waals surface area contributed by atoms with E-state index in [0.717, 1.165) is 17.0 Å². The molecule has 1 aromatic carbocycles. The van der Waals surface area contributed by atoms with Crippen LogP contribution in [0.15, 0.2) is 18.2 Å². The van der Waals surface area contributed by atoms with Crippen molar-refractivity contribution in [1.29, 1.82) is 5.26 Å². The summed E-state index contributed by atoms with van der Waals surface area (Å²) in [6.07, 6.45) is -15.3. The van der Waals surface area contributed by atoms with Crippen LogP contribution in [-0.2, 0) is 15.7 Å². The molecule has 8 nitrogen and oxygen atoms in total. The molecule has 2 amide bonds. The monoisotopic (exact) mass is 480 g/mol. The van der Waals surface area contributed by atoms with Crippen LogP contribution in [0.4, 0.5) is 36.8 Å². The van der Waals surface area contributed by atoms with E-state index >= 15 is 0 Å². The van der Waals surface area contributed by atoms with E-state index in [9.17, 15) is 35.9 Å². The molecule has 1 aromatic rings. The zero-order valence-electron chi connectivity index (χ0n) is 17.0. The van der Waals surface area contributed by atoms with Crippen molar-refractivity contribution in [2.24, 2.45) is 0 Å². The molecule has 0 spiro atoms. The molecule has 2 fully saturated rings. The summed E-state index contributed by atoms with van der Waals surface area (Å²) in [7, 11) is 1.30. The lowest BCUT2D eigenvalue weighted by atomic mass is 10.1. The lowest BCUT2D eigenvalue weighted by Crippen LogP contribution is -2.43. The van der Waals surface area contributed by atoms with E-state index in [0.29, 0.717) is 11.0 Å². The Morgan fingerprint density at radius 3 is 2.42 bits per heavy atom. The van der Waals surface area contributed by atoms with Gasteiger partial charge in [0.15, 0.2) is 6.10 Å². The highest BCUT2D eigenvalue weighted by Crippen LogP contribution is 2.39. The molecule has 2 unspecified atom stereocenters. The quantitative estimate of drug-likeness (QED) is 0.669. The van der Waals surface area contributed by atoms with Crippen LogP contribution >= 0.6 is 0 Å². The molecule has 0 bridgehead atoms. The van der Waals surface area contributed by atoms with E-state index in [-0.39, 0.29) is 19.5 Å². The van der Waals surface area contributed by atoms with Crippen LogP contribution < -0.4 is 4.90 Å². The van der Waals surface area contributed by atoms with Crippen molar-refractivity contribution in [3.05, 3.63) is 29.3 Å². The minimum absolute atomic E-state index is 0.0483. The number of likely N-dealkylation sites (tertiary alicyclic amines) is 1. The molecule has 0 aliphatic carbocycles. The fraction of sp³-hybridized carbons (Fsp3) is 0.526. The number of nitriles is 1. The summed E-state index contributed by atoms with van der Waals surface area (Å²) in [5, 5.41) is 17.9. The third kappa shape index (κ3) is 4.92. The SMILES string of the molecule is CN(C(=O)O)C1CCN(C(=O)C2CN(c3ccc(C#N)c(C(F)(F)F)c3)[C@@H](C(F)(F)F)O2)C1. The summed E-state index contributed by atoms with van der Waals surface area (Å²) in [6.45, 7) is -0.637. The Bertz CT molecular complexity index is 977. The molecular weight excluding hydrogens is 462 g/mol. The maximum Gasteiger partial charge on any atom is 0.433 e. The van der Waals surface area contributed by atoms with Crippen molar-refractivity contribution in [2.45, 2.75) is 37.1 Å². The highest BCUT2D eigenvalue weighted by atomic mass is 19.4. The maximum atomic E-state index is 13.6. The van der Waals surface area contributed by atoms with Crippen molar-refractivity contribution >= 4 is 17.7 Å². The number of nitrogens with zero attached hydrogens (tertiary/aromatic N) is 4. The lowest BCUT2D eigenvalue weighted by molar-refractivity contribution is -0.214.